The van der Waals surface area contributed by atoms with Gasteiger partial charge in [-0.2, -0.15) is 0 Å². The van der Waals surface area contributed by atoms with Gasteiger partial charge in [-0.25, -0.2) is 9.78 Å². The number of hydrogen-bond donors (Lipinski definition) is 1. The number of rotatable bonds is 5. The van der Waals surface area contributed by atoms with Crippen molar-refractivity contribution in [2.24, 2.45) is 0 Å². The van der Waals surface area contributed by atoms with Crippen LogP contribution in [0.4, 0.5) is 0 Å². The quantitative estimate of drug-likeness (QED) is 0.655. The third kappa shape index (κ3) is 3.36. The number of ether oxygens (including phenoxy) is 2. The van der Waals surface area contributed by atoms with E-state index in [9.17, 15) is 4.79 Å². The van der Waals surface area contributed by atoms with Crippen molar-refractivity contribution in [1.29, 1.82) is 0 Å². The van der Waals surface area contributed by atoms with E-state index in [0.29, 0.717) is 28.5 Å². The third-order valence-corrected chi connectivity index (χ3v) is 4.13. The van der Waals surface area contributed by atoms with Crippen LogP contribution in [-0.4, -0.2) is 34.7 Å². The van der Waals surface area contributed by atoms with Crippen LogP contribution in [0.3, 0.4) is 0 Å². The normalized spacial score (nSPS) is 11.2. The van der Waals surface area contributed by atoms with Crippen LogP contribution < -0.4 is 9.47 Å². The van der Waals surface area contributed by atoms with Gasteiger partial charge in [0.1, 0.15) is 5.65 Å². The lowest BCUT2D eigenvalue weighted by Crippen LogP contribution is -1.93. The fraction of sp³-hybridized carbons (Fsp3) is 0.111. The van der Waals surface area contributed by atoms with E-state index in [2.05, 4.69) is 20.9 Å². The third-order valence-electron chi connectivity index (χ3n) is 3.66. The zero-order valence-corrected chi connectivity index (χ0v) is 15.1. The Morgan fingerprint density at radius 2 is 1.96 bits per heavy atom. The first-order chi connectivity index (χ1) is 12.0. The molecule has 3 aromatic rings. The summed E-state index contributed by atoms with van der Waals surface area (Å²) in [5.41, 5.74) is 2.81. The van der Waals surface area contributed by atoms with Crippen LogP contribution in [0.2, 0.25) is 0 Å². The summed E-state index contributed by atoms with van der Waals surface area (Å²) < 4.78 is 13.3. The van der Waals surface area contributed by atoms with Crippen molar-refractivity contribution in [2.45, 2.75) is 0 Å². The Morgan fingerprint density at radius 3 is 2.64 bits per heavy atom. The molecule has 0 unspecified atom stereocenters. The van der Waals surface area contributed by atoms with Gasteiger partial charge in [-0.15, -0.1) is 0 Å². The van der Waals surface area contributed by atoms with E-state index < -0.39 is 5.97 Å². The van der Waals surface area contributed by atoms with Crippen LogP contribution in [0.1, 0.15) is 5.69 Å². The Morgan fingerprint density at radius 1 is 1.20 bits per heavy atom. The maximum Gasteiger partial charge on any atom is 0.328 e. The number of aromatic nitrogens is 2. The summed E-state index contributed by atoms with van der Waals surface area (Å²) in [6, 6.07) is 9.20. The Hall–Kier alpha value is -2.80. The molecule has 0 aliphatic carbocycles. The second-order valence-electron chi connectivity index (χ2n) is 5.16. The van der Waals surface area contributed by atoms with Gasteiger partial charge in [-0.3, -0.25) is 4.40 Å². The van der Waals surface area contributed by atoms with Crippen LogP contribution in [0.25, 0.3) is 23.0 Å². The molecule has 0 aliphatic heterocycles. The molecule has 0 fully saturated rings. The van der Waals surface area contributed by atoms with Crippen molar-refractivity contribution in [3.05, 3.63) is 52.8 Å². The number of halogens is 1. The minimum absolute atomic E-state index is 0.575. The standard InChI is InChI=1S/C18H15BrN2O4/c1-24-14-6-3-11(9-15(14)25-2)18-13(5-8-17(22)23)21-10-12(19)4-7-16(21)20-18/h3-10H,1-2H3,(H,22,23)/b8-5+. The van der Waals surface area contributed by atoms with Gasteiger partial charge < -0.3 is 14.6 Å². The van der Waals surface area contributed by atoms with Crippen molar-refractivity contribution in [1.82, 2.24) is 9.38 Å². The van der Waals surface area contributed by atoms with Gasteiger partial charge in [-0.05, 0) is 52.3 Å². The average molecular weight is 403 g/mol. The van der Waals surface area contributed by atoms with Crippen molar-refractivity contribution < 1.29 is 19.4 Å². The van der Waals surface area contributed by atoms with Crippen LogP contribution in [0, 0.1) is 0 Å². The maximum absolute atomic E-state index is 11.0. The second kappa shape index (κ2) is 6.98. The molecule has 7 heteroatoms. The summed E-state index contributed by atoms with van der Waals surface area (Å²) in [4.78, 5) is 15.6. The number of methoxy groups -OCH3 is 2. The number of fused-ring (bicyclic) bond motifs is 1. The molecule has 25 heavy (non-hydrogen) atoms. The van der Waals surface area contributed by atoms with Gasteiger partial charge in [0.2, 0.25) is 0 Å². The highest BCUT2D eigenvalue weighted by Crippen LogP contribution is 2.34. The number of nitrogens with zero attached hydrogens (tertiary/aromatic N) is 2. The van der Waals surface area contributed by atoms with Crippen molar-refractivity contribution in [3.8, 4) is 22.8 Å². The summed E-state index contributed by atoms with van der Waals surface area (Å²) in [6.07, 6.45) is 4.46. The molecule has 3 rings (SSSR count). The average Bonchev–Trinajstić information content (AvgIpc) is 2.96. The molecular formula is C18H15BrN2O4. The summed E-state index contributed by atoms with van der Waals surface area (Å²) in [5, 5.41) is 8.99. The van der Waals surface area contributed by atoms with Crippen molar-refractivity contribution in [3.63, 3.8) is 0 Å². The van der Waals surface area contributed by atoms with Gasteiger partial charge in [0.15, 0.2) is 11.5 Å². The molecule has 0 radical (unpaired) electrons. The van der Waals surface area contributed by atoms with E-state index in [4.69, 9.17) is 14.6 Å². The Kier molecular flexibility index (Phi) is 4.76. The number of carbonyl (C=O) groups is 1. The first-order valence-corrected chi connectivity index (χ1v) is 8.14. The fourth-order valence-corrected chi connectivity index (χ4v) is 2.88. The van der Waals surface area contributed by atoms with Crippen molar-refractivity contribution in [2.75, 3.05) is 14.2 Å². The predicted molar refractivity (Wildman–Crippen MR) is 98.1 cm³/mol. The number of benzene rings is 1. The van der Waals surface area contributed by atoms with Gasteiger partial charge in [0, 0.05) is 22.3 Å². The summed E-state index contributed by atoms with van der Waals surface area (Å²) in [5.74, 6) is 0.162. The molecule has 0 bridgehead atoms. The lowest BCUT2D eigenvalue weighted by atomic mass is 10.1. The Balaban J connectivity index is 2.24. The Bertz CT molecular complexity index is 979. The molecule has 0 saturated heterocycles. The number of hydrogen-bond acceptors (Lipinski definition) is 4. The van der Waals surface area contributed by atoms with Crippen LogP contribution in [-0.2, 0) is 4.79 Å². The molecule has 1 aromatic carbocycles. The number of carboxylic acids is 1. The zero-order valence-electron chi connectivity index (χ0n) is 13.6. The Labute approximate surface area is 152 Å². The summed E-state index contributed by atoms with van der Waals surface area (Å²) >= 11 is 3.43. The van der Waals surface area contributed by atoms with Crippen LogP contribution >= 0.6 is 15.9 Å². The minimum Gasteiger partial charge on any atom is -0.493 e. The van der Waals surface area contributed by atoms with E-state index in [-0.39, 0.29) is 0 Å². The van der Waals surface area contributed by atoms with E-state index in [1.165, 1.54) is 6.08 Å². The molecule has 2 heterocycles. The number of carboxylic acid groups (broad SMARTS) is 1. The molecule has 6 nitrogen and oxygen atoms in total. The first kappa shape index (κ1) is 17.0. The molecule has 0 amide bonds. The van der Waals surface area contributed by atoms with Gasteiger partial charge in [-0.1, -0.05) is 0 Å². The SMILES string of the molecule is COc1ccc(-c2nc3ccc(Br)cn3c2/C=C/C(=O)O)cc1OC. The minimum atomic E-state index is -1.02. The largest absolute Gasteiger partial charge is 0.493 e. The van der Waals surface area contributed by atoms with Gasteiger partial charge >= 0.3 is 5.97 Å². The van der Waals surface area contributed by atoms with Crippen molar-refractivity contribution >= 4 is 33.6 Å². The first-order valence-electron chi connectivity index (χ1n) is 7.34. The molecule has 1 N–H and O–H groups in total. The van der Waals surface area contributed by atoms with E-state index in [0.717, 1.165) is 16.1 Å². The zero-order chi connectivity index (χ0) is 18.0. The molecule has 128 valence electrons. The highest BCUT2D eigenvalue weighted by Gasteiger charge is 2.15. The smallest absolute Gasteiger partial charge is 0.328 e. The molecule has 0 aliphatic rings. The molecule has 0 spiro atoms. The number of imidazole rings is 1. The van der Waals surface area contributed by atoms with Crippen LogP contribution in [0.5, 0.6) is 11.5 Å². The monoisotopic (exact) mass is 402 g/mol. The number of pyridine rings is 1. The molecular weight excluding hydrogens is 388 g/mol. The highest BCUT2D eigenvalue weighted by atomic mass is 79.9. The van der Waals surface area contributed by atoms with Gasteiger partial charge in [0.25, 0.3) is 0 Å². The van der Waals surface area contributed by atoms with Gasteiger partial charge in [0.05, 0.1) is 25.6 Å². The maximum atomic E-state index is 11.0. The highest BCUT2D eigenvalue weighted by molar-refractivity contribution is 9.10. The lowest BCUT2D eigenvalue weighted by molar-refractivity contribution is -0.131. The van der Waals surface area contributed by atoms with E-state index in [1.807, 2.05) is 34.9 Å². The molecule has 0 saturated carbocycles. The second-order valence-corrected chi connectivity index (χ2v) is 6.08. The van der Waals surface area contributed by atoms with E-state index in [1.54, 1.807) is 20.3 Å². The van der Waals surface area contributed by atoms with E-state index >= 15 is 0 Å². The summed E-state index contributed by atoms with van der Waals surface area (Å²) in [6.45, 7) is 0. The van der Waals surface area contributed by atoms with Crippen LogP contribution in [0.15, 0.2) is 47.1 Å². The molecule has 2 aromatic heterocycles. The summed E-state index contributed by atoms with van der Waals surface area (Å²) in [7, 11) is 3.13. The lowest BCUT2D eigenvalue weighted by Gasteiger charge is -2.09. The number of aliphatic carboxylic acids is 1. The topological polar surface area (TPSA) is 73.1 Å². The predicted octanol–water partition coefficient (Wildman–Crippen LogP) is 3.88. The molecule has 0 atom stereocenters. The fourth-order valence-electron chi connectivity index (χ4n) is 2.54.